The third-order valence-electron chi connectivity index (χ3n) is 6.07. The van der Waals surface area contributed by atoms with Crippen molar-refractivity contribution in [3.63, 3.8) is 0 Å². The molecule has 37 heavy (non-hydrogen) atoms. The molecule has 7 nitrogen and oxygen atoms in total. The summed E-state index contributed by atoms with van der Waals surface area (Å²) in [6.07, 6.45) is 1.90. The molecule has 3 aromatic carbocycles. The zero-order valence-corrected chi connectivity index (χ0v) is 21.8. The molecule has 0 radical (unpaired) electrons. The van der Waals surface area contributed by atoms with Gasteiger partial charge in [-0.25, -0.2) is 4.98 Å². The molecular formula is C29H29ClN4O3. The summed E-state index contributed by atoms with van der Waals surface area (Å²) < 4.78 is 7.02. The second-order valence-electron chi connectivity index (χ2n) is 8.73. The number of aryl methyl sites for hydroxylation is 2. The first-order valence-corrected chi connectivity index (χ1v) is 12.3. The molecule has 0 saturated carbocycles. The van der Waals surface area contributed by atoms with E-state index in [9.17, 15) is 9.59 Å². The molecule has 1 heterocycles. The lowest BCUT2D eigenvalue weighted by atomic mass is 10.1. The second-order valence-corrected chi connectivity index (χ2v) is 9.17. The fraction of sp³-hybridized carbons (Fsp3) is 0.207. The number of methoxy groups -OCH3 is 1. The Bertz CT molecular complexity index is 1380. The summed E-state index contributed by atoms with van der Waals surface area (Å²) in [6, 6.07) is 22.4. The number of hydrogen-bond acceptors (Lipinski definition) is 4. The zero-order chi connectivity index (χ0) is 26.4. The molecular weight excluding hydrogens is 488 g/mol. The van der Waals surface area contributed by atoms with Gasteiger partial charge in [-0.1, -0.05) is 48.0 Å². The van der Waals surface area contributed by atoms with Gasteiger partial charge in [-0.15, -0.1) is 0 Å². The number of carbonyl (C=O) groups excluding carboxylic acids is 2. The lowest BCUT2D eigenvalue weighted by Gasteiger charge is -2.22. The van der Waals surface area contributed by atoms with Crippen LogP contribution in [0, 0.1) is 13.8 Å². The molecule has 0 fully saturated rings. The Balaban J connectivity index is 1.61. The van der Waals surface area contributed by atoms with Crippen LogP contribution >= 0.6 is 11.6 Å². The first kappa shape index (κ1) is 26.1. The lowest BCUT2D eigenvalue weighted by molar-refractivity contribution is -0.117. The number of anilines is 1. The molecule has 8 heteroatoms. The van der Waals surface area contributed by atoms with Crippen molar-refractivity contribution in [3.8, 4) is 16.9 Å². The van der Waals surface area contributed by atoms with Crippen LogP contribution in [-0.4, -0.2) is 53.1 Å². The Morgan fingerprint density at radius 3 is 2.41 bits per heavy atom. The van der Waals surface area contributed by atoms with Crippen LogP contribution in [-0.2, 0) is 9.53 Å². The van der Waals surface area contributed by atoms with Gasteiger partial charge < -0.3 is 9.64 Å². The highest BCUT2D eigenvalue weighted by Crippen LogP contribution is 2.25. The van der Waals surface area contributed by atoms with Crippen LogP contribution in [0.4, 0.5) is 5.95 Å². The molecule has 0 spiro atoms. The highest BCUT2D eigenvalue weighted by atomic mass is 35.5. The molecule has 1 aromatic heterocycles. The van der Waals surface area contributed by atoms with Crippen LogP contribution in [0.25, 0.3) is 16.9 Å². The summed E-state index contributed by atoms with van der Waals surface area (Å²) in [4.78, 5) is 32.5. The predicted octanol–water partition coefficient (Wildman–Crippen LogP) is 5.54. The molecule has 1 N–H and O–H groups in total. The Morgan fingerprint density at radius 2 is 1.73 bits per heavy atom. The average Bonchev–Trinajstić information content (AvgIpc) is 3.32. The van der Waals surface area contributed by atoms with Gasteiger partial charge in [0.1, 0.15) is 6.54 Å². The van der Waals surface area contributed by atoms with Crippen molar-refractivity contribution < 1.29 is 14.3 Å². The Labute approximate surface area is 221 Å². The summed E-state index contributed by atoms with van der Waals surface area (Å²) >= 11 is 5.97. The summed E-state index contributed by atoms with van der Waals surface area (Å²) in [5.41, 5.74) is 5.27. The van der Waals surface area contributed by atoms with Gasteiger partial charge >= 0.3 is 0 Å². The molecule has 0 aliphatic rings. The number of ether oxygens (including phenoxy) is 1. The summed E-state index contributed by atoms with van der Waals surface area (Å²) in [5.74, 6) is -0.280. The number of amides is 2. The molecule has 0 saturated heterocycles. The maximum absolute atomic E-state index is 13.2. The molecule has 4 aromatic rings. The molecule has 0 unspecified atom stereocenters. The van der Waals surface area contributed by atoms with E-state index in [0.717, 1.165) is 22.5 Å². The van der Waals surface area contributed by atoms with Crippen LogP contribution in [0.3, 0.4) is 0 Å². The van der Waals surface area contributed by atoms with Crippen molar-refractivity contribution in [2.24, 2.45) is 0 Å². The highest BCUT2D eigenvalue weighted by molar-refractivity contribution is 6.30. The van der Waals surface area contributed by atoms with E-state index in [4.69, 9.17) is 21.3 Å². The molecule has 0 aliphatic carbocycles. The standard InChI is InChI=1S/C29H29ClN4O3/c1-20-9-14-25(17-21(20)2)34-18-26(22-7-5-4-6-8-22)31-29(34)32-27(35)19-33(15-16-37-3)28(36)23-10-12-24(30)13-11-23/h4-14,17-18H,15-16,19H2,1-3H3,(H,31,32,35). The maximum atomic E-state index is 13.2. The largest absolute Gasteiger partial charge is 0.383 e. The van der Waals surface area contributed by atoms with Crippen molar-refractivity contribution in [2.75, 3.05) is 32.1 Å². The minimum Gasteiger partial charge on any atom is -0.383 e. The van der Waals surface area contributed by atoms with Crippen LogP contribution in [0.5, 0.6) is 0 Å². The zero-order valence-electron chi connectivity index (χ0n) is 21.1. The Kier molecular flexibility index (Phi) is 8.38. The number of rotatable bonds is 9. The number of aromatic nitrogens is 2. The normalized spacial score (nSPS) is 10.8. The van der Waals surface area contributed by atoms with Crippen LogP contribution < -0.4 is 5.32 Å². The van der Waals surface area contributed by atoms with Gasteiger partial charge in [0.25, 0.3) is 5.91 Å². The topological polar surface area (TPSA) is 76.5 Å². The van der Waals surface area contributed by atoms with E-state index >= 15 is 0 Å². The third-order valence-corrected chi connectivity index (χ3v) is 6.33. The quantitative estimate of drug-likeness (QED) is 0.317. The van der Waals surface area contributed by atoms with Gasteiger partial charge in [-0.2, -0.15) is 0 Å². The first-order valence-electron chi connectivity index (χ1n) is 11.9. The highest BCUT2D eigenvalue weighted by Gasteiger charge is 2.21. The lowest BCUT2D eigenvalue weighted by Crippen LogP contribution is -2.40. The predicted molar refractivity (Wildman–Crippen MR) is 146 cm³/mol. The van der Waals surface area contributed by atoms with E-state index < -0.39 is 0 Å². The van der Waals surface area contributed by atoms with E-state index in [2.05, 4.69) is 18.3 Å². The average molecular weight is 517 g/mol. The summed E-state index contributed by atoms with van der Waals surface area (Å²) in [5, 5.41) is 3.45. The molecule has 190 valence electrons. The van der Waals surface area contributed by atoms with E-state index in [-0.39, 0.29) is 24.9 Å². The van der Waals surface area contributed by atoms with Crippen molar-refractivity contribution in [1.82, 2.24) is 14.5 Å². The number of carbonyl (C=O) groups is 2. The van der Waals surface area contributed by atoms with Crippen molar-refractivity contribution in [2.45, 2.75) is 13.8 Å². The first-order chi connectivity index (χ1) is 17.9. The minimum absolute atomic E-state index is 0.161. The second kappa shape index (κ2) is 11.9. The minimum atomic E-state index is -0.367. The third kappa shape index (κ3) is 6.44. The number of hydrogen-bond donors (Lipinski definition) is 1. The van der Waals surface area contributed by atoms with Crippen LogP contribution in [0.15, 0.2) is 79.0 Å². The SMILES string of the molecule is COCCN(CC(=O)Nc1nc(-c2ccccc2)cn1-c1ccc(C)c(C)c1)C(=O)c1ccc(Cl)cc1. The van der Waals surface area contributed by atoms with E-state index in [0.29, 0.717) is 23.1 Å². The fourth-order valence-corrected chi connectivity index (χ4v) is 3.98. The molecule has 0 atom stereocenters. The summed E-state index contributed by atoms with van der Waals surface area (Å²) in [6.45, 7) is 4.49. The Hall–Kier alpha value is -3.94. The van der Waals surface area contributed by atoms with Crippen molar-refractivity contribution >= 4 is 29.4 Å². The van der Waals surface area contributed by atoms with Crippen LogP contribution in [0.2, 0.25) is 5.02 Å². The van der Waals surface area contributed by atoms with Crippen molar-refractivity contribution in [1.29, 1.82) is 0 Å². The molecule has 2 amide bonds. The van der Waals surface area contributed by atoms with Gasteiger partial charge in [0.15, 0.2) is 0 Å². The molecule has 0 bridgehead atoms. The number of nitrogens with zero attached hydrogens (tertiary/aromatic N) is 3. The van der Waals surface area contributed by atoms with E-state index in [1.807, 2.05) is 60.2 Å². The number of nitrogens with one attached hydrogen (secondary N) is 1. The monoisotopic (exact) mass is 516 g/mol. The van der Waals surface area contributed by atoms with E-state index in [1.54, 1.807) is 31.4 Å². The van der Waals surface area contributed by atoms with E-state index in [1.165, 1.54) is 10.5 Å². The van der Waals surface area contributed by atoms with Gasteiger partial charge in [0, 0.05) is 41.7 Å². The van der Waals surface area contributed by atoms with Gasteiger partial charge in [-0.05, 0) is 61.4 Å². The Morgan fingerprint density at radius 1 is 1.00 bits per heavy atom. The number of imidazole rings is 1. The smallest absolute Gasteiger partial charge is 0.254 e. The summed E-state index contributed by atoms with van der Waals surface area (Å²) in [7, 11) is 1.55. The maximum Gasteiger partial charge on any atom is 0.254 e. The molecule has 4 rings (SSSR count). The van der Waals surface area contributed by atoms with Gasteiger partial charge in [-0.3, -0.25) is 19.5 Å². The molecule has 0 aliphatic heterocycles. The van der Waals surface area contributed by atoms with Gasteiger partial charge in [0.2, 0.25) is 11.9 Å². The van der Waals surface area contributed by atoms with Gasteiger partial charge in [0.05, 0.1) is 12.3 Å². The number of benzene rings is 3. The van der Waals surface area contributed by atoms with Crippen LogP contribution in [0.1, 0.15) is 21.5 Å². The fourth-order valence-electron chi connectivity index (χ4n) is 3.86. The van der Waals surface area contributed by atoms with Crippen molar-refractivity contribution in [3.05, 3.63) is 101 Å². The number of halogens is 1.